The highest BCUT2D eigenvalue weighted by Crippen LogP contribution is 2.52. The summed E-state index contributed by atoms with van der Waals surface area (Å²) in [6.07, 6.45) is 16.3. The summed E-state index contributed by atoms with van der Waals surface area (Å²) in [4.78, 5) is 31.0. The van der Waals surface area contributed by atoms with E-state index in [9.17, 15) is 9.59 Å². The quantitative estimate of drug-likeness (QED) is 0.502. The van der Waals surface area contributed by atoms with Gasteiger partial charge in [0.2, 0.25) is 10.9 Å². The summed E-state index contributed by atoms with van der Waals surface area (Å²) in [5, 5.41) is 0. The molecule has 0 amide bonds. The number of fused-ring (bicyclic) bond motifs is 1. The fourth-order valence-electron chi connectivity index (χ4n) is 5.20. The van der Waals surface area contributed by atoms with Crippen LogP contribution in [0.25, 0.3) is 6.08 Å². The first-order valence-electron chi connectivity index (χ1n) is 11.5. The monoisotopic (exact) mass is 436 g/mol. The average molecular weight is 437 g/mol. The van der Waals surface area contributed by atoms with Crippen LogP contribution in [0.15, 0.2) is 82.3 Å². The molecule has 0 saturated heterocycles. The summed E-state index contributed by atoms with van der Waals surface area (Å²) in [5.41, 5.74) is 5.91. The van der Waals surface area contributed by atoms with Gasteiger partial charge in [0.1, 0.15) is 0 Å². The molecule has 33 heavy (non-hydrogen) atoms. The van der Waals surface area contributed by atoms with Crippen molar-refractivity contribution < 1.29 is 0 Å². The molecule has 5 rings (SSSR count). The van der Waals surface area contributed by atoms with E-state index in [1.165, 1.54) is 11.1 Å². The van der Waals surface area contributed by atoms with Gasteiger partial charge in [0.15, 0.2) is 0 Å². The Morgan fingerprint density at radius 1 is 1.09 bits per heavy atom. The molecule has 2 aliphatic rings. The van der Waals surface area contributed by atoms with Crippen LogP contribution in [0.3, 0.4) is 0 Å². The second-order valence-electron chi connectivity index (χ2n) is 9.50. The van der Waals surface area contributed by atoms with Crippen molar-refractivity contribution in [3.8, 4) is 0 Å². The van der Waals surface area contributed by atoms with Gasteiger partial charge in [-0.05, 0) is 68.9 Å². The summed E-state index contributed by atoms with van der Waals surface area (Å²) in [5.74, 6) is 0.427. The molecule has 4 nitrogen and oxygen atoms in total. The highest BCUT2D eigenvalue weighted by Gasteiger charge is 2.44. The van der Waals surface area contributed by atoms with Gasteiger partial charge in [-0.3, -0.25) is 14.6 Å². The number of anilines is 1. The van der Waals surface area contributed by atoms with Crippen LogP contribution in [-0.4, -0.2) is 4.98 Å². The molecular weight excluding hydrogens is 408 g/mol. The summed E-state index contributed by atoms with van der Waals surface area (Å²) in [6, 6.07) is 10.6. The Kier molecular flexibility index (Phi) is 5.24. The molecule has 3 aromatic rings. The summed E-state index contributed by atoms with van der Waals surface area (Å²) >= 11 is 0. The molecule has 1 atom stereocenters. The number of aromatic nitrogens is 1. The van der Waals surface area contributed by atoms with Gasteiger partial charge < -0.3 is 4.90 Å². The molecule has 2 aromatic carbocycles. The van der Waals surface area contributed by atoms with Crippen molar-refractivity contribution in [3.63, 3.8) is 0 Å². The van der Waals surface area contributed by atoms with Gasteiger partial charge in [-0.25, -0.2) is 0 Å². The molecule has 166 valence electrons. The Morgan fingerprint density at radius 2 is 1.88 bits per heavy atom. The molecule has 0 fully saturated rings. The Hall–Kier alpha value is -3.53. The van der Waals surface area contributed by atoms with Crippen molar-refractivity contribution >= 4 is 11.8 Å². The maximum Gasteiger partial charge on any atom is 0.233 e. The van der Waals surface area contributed by atoms with Crippen LogP contribution in [0, 0.1) is 19.8 Å². The number of pyridine rings is 1. The van der Waals surface area contributed by atoms with Crippen LogP contribution in [0.4, 0.5) is 5.69 Å². The van der Waals surface area contributed by atoms with E-state index >= 15 is 0 Å². The molecule has 1 aliphatic carbocycles. The van der Waals surface area contributed by atoms with Crippen molar-refractivity contribution in [2.45, 2.75) is 45.6 Å². The molecule has 2 heterocycles. The average Bonchev–Trinajstić information content (AvgIpc) is 3.42. The van der Waals surface area contributed by atoms with E-state index in [2.05, 4.69) is 72.3 Å². The van der Waals surface area contributed by atoms with Gasteiger partial charge >= 0.3 is 0 Å². The summed E-state index contributed by atoms with van der Waals surface area (Å²) in [6.45, 7) is 6.81. The number of nitrogens with zero attached hydrogens (tertiary/aromatic N) is 2. The van der Waals surface area contributed by atoms with Gasteiger partial charge in [-0.15, -0.1) is 0 Å². The van der Waals surface area contributed by atoms with Gasteiger partial charge in [-0.2, -0.15) is 0 Å². The van der Waals surface area contributed by atoms with Crippen LogP contribution in [0.2, 0.25) is 0 Å². The van der Waals surface area contributed by atoms with E-state index in [0.717, 1.165) is 29.8 Å². The van der Waals surface area contributed by atoms with E-state index in [1.54, 1.807) is 13.1 Å². The number of benzene rings is 1. The zero-order valence-corrected chi connectivity index (χ0v) is 19.3. The first-order valence-corrected chi connectivity index (χ1v) is 11.5. The molecule has 1 unspecified atom stereocenters. The highest BCUT2D eigenvalue weighted by atomic mass is 16.2. The molecule has 1 aromatic heterocycles. The van der Waals surface area contributed by atoms with Crippen molar-refractivity contribution in [1.82, 2.24) is 4.98 Å². The largest absolute Gasteiger partial charge is 0.339 e. The maximum absolute atomic E-state index is 12.4. The zero-order valence-electron chi connectivity index (χ0n) is 19.3. The van der Waals surface area contributed by atoms with Crippen molar-refractivity contribution in [1.29, 1.82) is 0 Å². The third-order valence-corrected chi connectivity index (χ3v) is 7.24. The van der Waals surface area contributed by atoms with Crippen molar-refractivity contribution in [3.05, 3.63) is 121 Å². The molecule has 0 radical (unpaired) electrons. The number of hydrogen-bond donors (Lipinski definition) is 0. The third-order valence-electron chi connectivity index (χ3n) is 7.24. The van der Waals surface area contributed by atoms with E-state index in [1.807, 2.05) is 18.3 Å². The second-order valence-corrected chi connectivity index (χ2v) is 9.50. The Bertz CT molecular complexity index is 1360. The van der Waals surface area contributed by atoms with E-state index in [-0.39, 0.29) is 16.3 Å². The number of aryl methyl sites for hydroxylation is 1. The fraction of sp³-hybridized carbons (Fsp3) is 0.276. The molecule has 4 heteroatoms. The summed E-state index contributed by atoms with van der Waals surface area (Å²) in [7, 11) is 0. The lowest BCUT2D eigenvalue weighted by molar-refractivity contribution is 0.475. The predicted octanol–water partition coefficient (Wildman–Crippen LogP) is 5.14. The molecule has 0 spiro atoms. The zero-order chi connectivity index (χ0) is 23.2. The van der Waals surface area contributed by atoms with E-state index < -0.39 is 0 Å². The normalized spacial score (nSPS) is 20.9. The fourth-order valence-corrected chi connectivity index (χ4v) is 5.20. The molecular formula is C29H28N2O2. The standard InChI is InChI=1S/C29H28N2O2/c1-19-10-11-25-24(15-19)29(3,13-12-21-7-4-5-8-21)26(16-23-20(2)27(32)28(23)33)31(25)18-22-9-6-14-30-17-22/h4-11,14-17,21H,12-13,18H2,1-3H3/b26-16+. The second kappa shape index (κ2) is 8.11. The lowest BCUT2D eigenvalue weighted by atomic mass is 9.75. The van der Waals surface area contributed by atoms with E-state index in [0.29, 0.717) is 23.6 Å². The van der Waals surface area contributed by atoms with Gasteiger partial charge in [0, 0.05) is 46.9 Å². The minimum absolute atomic E-state index is 0.278. The Labute approximate surface area is 194 Å². The van der Waals surface area contributed by atoms with Crippen LogP contribution in [-0.2, 0) is 12.0 Å². The first kappa shape index (κ1) is 21.3. The molecule has 0 saturated carbocycles. The van der Waals surface area contributed by atoms with Crippen LogP contribution < -0.4 is 15.8 Å². The van der Waals surface area contributed by atoms with Crippen LogP contribution in [0.1, 0.15) is 47.6 Å². The van der Waals surface area contributed by atoms with Crippen molar-refractivity contribution in [2.75, 3.05) is 4.90 Å². The lowest BCUT2D eigenvalue weighted by Gasteiger charge is -2.31. The summed E-state index contributed by atoms with van der Waals surface area (Å²) < 4.78 is 0. The topological polar surface area (TPSA) is 50.3 Å². The Morgan fingerprint density at radius 3 is 2.58 bits per heavy atom. The number of hydrogen-bond acceptors (Lipinski definition) is 4. The molecule has 1 aliphatic heterocycles. The van der Waals surface area contributed by atoms with Gasteiger partial charge in [0.05, 0.1) is 0 Å². The smallest absolute Gasteiger partial charge is 0.233 e. The predicted molar refractivity (Wildman–Crippen MR) is 134 cm³/mol. The first-order chi connectivity index (χ1) is 15.9. The Balaban J connectivity index is 1.65. The molecule has 0 N–H and O–H groups in total. The van der Waals surface area contributed by atoms with Gasteiger partial charge in [-0.1, -0.05) is 48.1 Å². The van der Waals surface area contributed by atoms with Gasteiger partial charge in [0.25, 0.3) is 0 Å². The minimum Gasteiger partial charge on any atom is -0.339 e. The lowest BCUT2D eigenvalue weighted by Crippen LogP contribution is -2.37. The van der Waals surface area contributed by atoms with E-state index in [4.69, 9.17) is 0 Å². The highest BCUT2D eigenvalue weighted by molar-refractivity contribution is 5.77. The number of rotatable bonds is 6. The third kappa shape index (κ3) is 3.60. The SMILES string of the molecule is Cc1ccc2c(c1)C(C)(CCC1C=CC=C1)/C(=C\c1c(C)c(=O)c1=O)N2Cc1cccnc1. The number of allylic oxidation sites excluding steroid dienone is 5. The minimum atomic E-state index is -0.377. The molecule has 0 bridgehead atoms. The van der Waals surface area contributed by atoms with Crippen LogP contribution in [0.5, 0.6) is 0 Å². The van der Waals surface area contributed by atoms with Crippen LogP contribution >= 0.6 is 0 Å². The maximum atomic E-state index is 12.4. The van der Waals surface area contributed by atoms with Crippen molar-refractivity contribution in [2.24, 2.45) is 5.92 Å².